The van der Waals surface area contributed by atoms with Gasteiger partial charge in [0.25, 0.3) is 0 Å². The van der Waals surface area contributed by atoms with E-state index in [0.29, 0.717) is 45.4 Å². The maximum Gasteiger partial charge on any atom is 0.140 e. The molecule has 0 bridgehead atoms. The smallest absolute Gasteiger partial charge is 0.140 e. The molecule has 0 atom stereocenters. The number of hydrogen-bond donors (Lipinski definition) is 0. The van der Waals surface area contributed by atoms with Gasteiger partial charge in [-0.3, -0.25) is 9.97 Å². The van der Waals surface area contributed by atoms with Gasteiger partial charge in [-0.25, -0.2) is 0 Å². The van der Waals surface area contributed by atoms with Crippen LogP contribution < -0.4 is 0 Å². The molecule has 0 spiro atoms. The second kappa shape index (κ2) is 20.6. The van der Waals surface area contributed by atoms with Gasteiger partial charge in [0.2, 0.25) is 0 Å². The van der Waals surface area contributed by atoms with Crippen LogP contribution in [0, 0.1) is 25.8 Å². The molecule has 77 heavy (non-hydrogen) atoms. The number of aryl methyl sites for hydroxylation is 2. The summed E-state index contributed by atoms with van der Waals surface area (Å²) in [6.45, 7) is 12.9. The molecule has 385 valence electrons. The van der Waals surface area contributed by atoms with Gasteiger partial charge in [0.05, 0.1) is 39.3 Å². The molecule has 9 aromatic carbocycles. The van der Waals surface area contributed by atoms with Gasteiger partial charge in [0.15, 0.2) is 0 Å². The van der Waals surface area contributed by atoms with E-state index < -0.39 is 13.7 Å². The molecule has 0 aliphatic carbocycles. The average molecular weight is 1190 g/mol. The fourth-order valence-corrected chi connectivity index (χ4v) is 11.2. The number of furan rings is 2. The van der Waals surface area contributed by atoms with Crippen molar-refractivity contribution in [2.24, 2.45) is 0 Å². The molecule has 0 aliphatic rings. The summed E-state index contributed by atoms with van der Waals surface area (Å²) in [4.78, 5) is 10.2. The Balaban J connectivity index is 0.000000175. The van der Waals surface area contributed by atoms with Crippen molar-refractivity contribution in [2.45, 2.75) is 92.8 Å². The van der Waals surface area contributed by atoms with Crippen LogP contribution in [0.4, 0.5) is 0 Å². The first kappa shape index (κ1) is 44.3. The zero-order valence-electron chi connectivity index (χ0n) is 50.4. The van der Waals surface area contributed by atoms with Gasteiger partial charge in [-0.2, -0.15) is 0 Å². The van der Waals surface area contributed by atoms with E-state index in [1.165, 1.54) is 11.1 Å². The summed E-state index contributed by atoms with van der Waals surface area (Å²) < 4.78 is 67.5. The van der Waals surface area contributed by atoms with E-state index in [9.17, 15) is 0 Å². The number of imidazole rings is 2. The Morgan fingerprint density at radius 2 is 1.10 bits per heavy atom. The molecule has 0 saturated carbocycles. The molecule has 13 rings (SSSR count). The van der Waals surface area contributed by atoms with Gasteiger partial charge in [-0.1, -0.05) is 188 Å². The molecule has 0 unspecified atom stereocenters. The Kier molecular flexibility index (Phi) is 11.9. The molecule has 4 heterocycles. The zero-order valence-corrected chi connectivity index (χ0v) is 46.8. The van der Waals surface area contributed by atoms with Gasteiger partial charge < -0.3 is 18.0 Å². The number of para-hydroxylation sites is 6. The molecule has 1 radical (unpaired) electrons. The van der Waals surface area contributed by atoms with Crippen LogP contribution in [0.3, 0.4) is 0 Å². The fourth-order valence-electron chi connectivity index (χ4n) is 11.2. The van der Waals surface area contributed by atoms with Gasteiger partial charge in [-0.15, -0.1) is 47.5 Å². The number of aromatic nitrogens is 4. The number of hydrogen-bond acceptors (Lipinski definition) is 4. The Morgan fingerprint density at radius 1 is 0.494 bits per heavy atom. The topological polar surface area (TPSA) is 61.9 Å². The average Bonchev–Trinajstić information content (AvgIpc) is 1.83. The Morgan fingerprint density at radius 3 is 1.79 bits per heavy atom. The summed E-state index contributed by atoms with van der Waals surface area (Å²) in [6, 6.07) is 62.2. The normalized spacial score (nSPS) is 13.4. The number of nitrogens with zero attached hydrogens (tertiary/aromatic N) is 4. The summed E-state index contributed by atoms with van der Waals surface area (Å²) >= 11 is 0. The van der Waals surface area contributed by atoms with Crippen LogP contribution in [0.2, 0.25) is 0 Å². The molecule has 13 aromatic rings. The molecule has 0 aliphatic heterocycles. The number of benzene rings is 9. The van der Waals surface area contributed by atoms with Crippen molar-refractivity contribution in [2.75, 3.05) is 0 Å². The van der Waals surface area contributed by atoms with Crippen molar-refractivity contribution in [1.29, 1.82) is 0 Å². The summed E-state index contributed by atoms with van der Waals surface area (Å²) in [5.41, 5.74) is 16.2. The molecule has 6 nitrogen and oxygen atoms in total. The van der Waals surface area contributed by atoms with Crippen molar-refractivity contribution in [3.63, 3.8) is 0 Å². The quantitative estimate of drug-likeness (QED) is 0.135. The number of fused-ring (bicyclic) bond motifs is 8. The van der Waals surface area contributed by atoms with Crippen molar-refractivity contribution in [3.05, 3.63) is 215 Å². The summed E-state index contributed by atoms with van der Waals surface area (Å²) in [5, 5.41) is 4.06. The molecule has 0 amide bonds. The fraction of sp³-hybridized carbons (Fsp3) is 0.200. The van der Waals surface area contributed by atoms with Crippen LogP contribution in [-0.4, -0.2) is 19.1 Å². The van der Waals surface area contributed by atoms with Gasteiger partial charge in [-0.05, 0) is 94.7 Å². The maximum atomic E-state index is 8.56. The van der Waals surface area contributed by atoms with E-state index in [1.807, 2.05) is 120 Å². The van der Waals surface area contributed by atoms with Crippen LogP contribution in [0.5, 0.6) is 0 Å². The van der Waals surface area contributed by atoms with Crippen LogP contribution >= 0.6 is 0 Å². The molecular formula is C70H62IrN4O2-2. The minimum Gasteiger partial charge on any atom is -0.501 e. The van der Waals surface area contributed by atoms with Crippen molar-refractivity contribution in [1.82, 2.24) is 19.1 Å². The summed E-state index contributed by atoms with van der Waals surface area (Å²) in [7, 11) is 0. The predicted octanol–water partition coefficient (Wildman–Crippen LogP) is 19.6. The van der Waals surface area contributed by atoms with E-state index in [4.69, 9.17) is 27.0 Å². The zero-order chi connectivity index (χ0) is 57.5. The molecule has 4 aromatic heterocycles. The third-order valence-electron chi connectivity index (χ3n) is 14.8. The first-order valence-electron chi connectivity index (χ1n) is 29.3. The summed E-state index contributed by atoms with van der Waals surface area (Å²) in [5.74, 6) is 2.09. The third kappa shape index (κ3) is 8.80. The molecule has 7 heteroatoms. The van der Waals surface area contributed by atoms with Crippen LogP contribution in [0.25, 0.3) is 111 Å². The van der Waals surface area contributed by atoms with Crippen LogP contribution in [-0.2, 0) is 20.1 Å². The first-order valence-corrected chi connectivity index (χ1v) is 26.3. The van der Waals surface area contributed by atoms with E-state index >= 15 is 0 Å². The van der Waals surface area contributed by atoms with E-state index in [0.717, 1.165) is 88.8 Å². The maximum absolute atomic E-state index is 8.56. The van der Waals surface area contributed by atoms with Gasteiger partial charge in [0, 0.05) is 61.4 Å². The molecular weight excluding hydrogens is 1120 g/mol. The molecule has 0 N–H and O–H groups in total. The number of rotatable bonds is 9. The summed E-state index contributed by atoms with van der Waals surface area (Å²) in [6.07, 6.45) is 0. The van der Waals surface area contributed by atoms with E-state index in [2.05, 4.69) is 108 Å². The largest absolute Gasteiger partial charge is 0.501 e. The minimum absolute atomic E-state index is 0. The van der Waals surface area contributed by atoms with Crippen molar-refractivity contribution < 1.29 is 37.2 Å². The van der Waals surface area contributed by atoms with E-state index in [-0.39, 0.29) is 43.1 Å². The van der Waals surface area contributed by atoms with Crippen molar-refractivity contribution >= 4 is 65.9 Å². The predicted molar refractivity (Wildman–Crippen MR) is 317 cm³/mol. The van der Waals surface area contributed by atoms with Crippen LogP contribution in [0.15, 0.2) is 179 Å². The van der Waals surface area contributed by atoms with E-state index in [1.54, 1.807) is 18.2 Å². The van der Waals surface area contributed by atoms with Gasteiger partial charge in [0.1, 0.15) is 16.7 Å². The van der Waals surface area contributed by atoms with Crippen molar-refractivity contribution in [3.8, 4) is 45.3 Å². The van der Waals surface area contributed by atoms with Gasteiger partial charge >= 0.3 is 0 Å². The monoisotopic (exact) mass is 1190 g/mol. The molecule has 0 fully saturated rings. The molecule has 0 saturated heterocycles. The minimum atomic E-state index is -2.37. The Labute approximate surface area is 473 Å². The Hall–Kier alpha value is -7.83. The SMILES string of the molecule is [2H]C([2H])([2H])c1c[c-]c(-c2nc3ccccc3n2-c2c(C(C)C)cccc2C(C)C)cc1-c1ccccc1.[2H]C([2H])([2H])c1cccc2nc(-c3[c-]ccc4c3oc3ccccc34)n(-c3c(C(C)C)cc4c(oc5ccccc54)c3C(C)C)c12.[Ir]. The second-order valence-electron chi connectivity index (χ2n) is 21.0. The standard InChI is InChI=1S/C38H31N2O2.C32H31N2.Ir/c1-21(2)28-20-29-25-14-7-9-19-32(25)42-37(29)33(22(3)4)35(28)40-34-23(5)12-10-17-30(34)39-38(40)27-16-11-15-26-24-13-6-8-18-31(24)41-36(26)27;1-21(2)26-14-11-15-27(22(3)4)31(26)34-30-17-10-9-16-29(30)33-32(34)25-19-18-23(5)28(20-25)24-12-7-6-8-13-24;/h6-15,17-22H,1-5H3;6-18,20-22H,1-5H3;/q2*-1;/i2*5D3;. The third-order valence-corrected chi connectivity index (χ3v) is 14.8. The second-order valence-corrected chi connectivity index (χ2v) is 21.0. The first-order chi connectivity index (χ1) is 39.3. The Bertz CT molecular complexity index is 4550. The van der Waals surface area contributed by atoms with Crippen LogP contribution in [0.1, 0.15) is 121 Å².